The van der Waals surface area contributed by atoms with Crippen LogP contribution in [-0.2, 0) is 14.3 Å². The average molecular weight is 425 g/mol. The Morgan fingerprint density at radius 3 is 2.52 bits per heavy atom. The Kier molecular flexibility index (Phi) is 6.25. The van der Waals surface area contributed by atoms with E-state index in [0.717, 1.165) is 18.7 Å². The first-order valence-electron chi connectivity index (χ1n) is 10.6. The Hall–Kier alpha value is -2.90. The molecule has 31 heavy (non-hydrogen) atoms. The van der Waals surface area contributed by atoms with Gasteiger partial charge in [0.15, 0.2) is 5.78 Å². The number of rotatable bonds is 6. The molecular formula is C24H26FN2O4+. The van der Waals surface area contributed by atoms with Gasteiger partial charge < -0.3 is 14.5 Å². The highest BCUT2D eigenvalue weighted by Crippen LogP contribution is 2.38. The molecule has 2 aliphatic rings. The predicted octanol–water partition coefficient (Wildman–Crippen LogP) is 1.00. The number of hydrogen-bond donors (Lipinski definition) is 1. The van der Waals surface area contributed by atoms with E-state index in [4.69, 9.17) is 4.74 Å². The molecule has 2 fully saturated rings. The molecule has 0 aliphatic carbocycles. The molecule has 0 radical (unpaired) electrons. The number of carbonyl (C=O) groups excluding carboxylic acids is 3. The number of nitrogens with zero attached hydrogens (tertiary/aromatic N) is 1. The molecule has 2 unspecified atom stereocenters. The zero-order chi connectivity index (χ0) is 22.0. The summed E-state index contributed by atoms with van der Waals surface area (Å²) in [6, 6.07) is 11.9. The predicted molar refractivity (Wildman–Crippen MR) is 111 cm³/mol. The van der Waals surface area contributed by atoms with Crippen molar-refractivity contribution in [3.63, 3.8) is 0 Å². The molecule has 0 saturated carbocycles. The van der Waals surface area contributed by atoms with Gasteiger partial charge in [0.25, 0.3) is 5.91 Å². The van der Waals surface area contributed by atoms with Crippen LogP contribution in [0.15, 0.2) is 48.5 Å². The number of halogens is 1. The lowest BCUT2D eigenvalue weighted by molar-refractivity contribution is -0.907. The van der Waals surface area contributed by atoms with Crippen molar-refractivity contribution in [1.29, 1.82) is 0 Å². The Morgan fingerprint density at radius 1 is 1.13 bits per heavy atom. The third-order valence-corrected chi connectivity index (χ3v) is 6.12. The molecule has 1 amide bonds. The summed E-state index contributed by atoms with van der Waals surface area (Å²) in [4.78, 5) is 42.0. The van der Waals surface area contributed by atoms with Crippen LogP contribution in [0.2, 0.25) is 0 Å². The molecule has 0 bridgehead atoms. The van der Waals surface area contributed by atoms with Crippen LogP contribution in [0, 0.1) is 18.7 Å². The fourth-order valence-corrected chi connectivity index (χ4v) is 4.38. The largest absolute Gasteiger partial charge is 0.370 e. The quantitative estimate of drug-likeness (QED) is 0.426. The lowest BCUT2D eigenvalue weighted by atomic mass is 9.86. The van der Waals surface area contributed by atoms with E-state index in [0.29, 0.717) is 37.4 Å². The summed E-state index contributed by atoms with van der Waals surface area (Å²) in [5.74, 6) is -3.46. The molecule has 0 aromatic heterocycles. The van der Waals surface area contributed by atoms with E-state index in [-0.39, 0.29) is 0 Å². The van der Waals surface area contributed by atoms with E-state index >= 15 is 0 Å². The molecular weight excluding hydrogens is 399 g/mol. The molecule has 1 N–H and O–H groups in total. The van der Waals surface area contributed by atoms with Crippen molar-refractivity contribution in [3.05, 3.63) is 71.0 Å². The number of benzene rings is 2. The van der Waals surface area contributed by atoms with Crippen molar-refractivity contribution in [2.75, 3.05) is 39.4 Å². The lowest BCUT2D eigenvalue weighted by Gasteiger charge is -2.30. The van der Waals surface area contributed by atoms with Gasteiger partial charge in [0.2, 0.25) is 5.78 Å². The minimum Gasteiger partial charge on any atom is -0.370 e. The van der Waals surface area contributed by atoms with Crippen LogP contribution in [0.1, 0.15) is 27.5 Å². The van der Waals surface area contributed by atoms with E-state index in [9.17, 15) is 18.8 Å². The molecule has 4 rings (SSSR count). The standard InChI is InChI=1S/C24H25FN2O4/c1-16-5-7-17(8-6-16)22(28)20-21(18-3-2-4-19(25)15-18)27(24(30)23(20)29)10-9-26-11-13-31-14-12-26/h2-8,15,20-21H,9-14H2,1H3/p+1. The van der Waals surface area contributed by atoms with Crippen LogP contribution >= 0.6 is 0 Å². The zero-order valence-corrected chi connectivity index (χ0v) is 17.5. The maximum absolute atomic E-state index is 14.0. The first-order valence-corrected chi connectivity index (χ1v) is 10.6. The minimum atomic E-state index is -1.18. The summed E-state index contributed by atoms with van der Waals surface area (Å²) in [5, 5.41) is 0. The molecule has 2 saturated heterocycles. The van der Waals surface area contributed by atoms with E-state index in [1.807, 2.05) is 6.92 Å². The smallest absolute Gasteiger partial charge is 0.291 e. The highest BCUT2D eigenvalue weighted by atomic mass is 19.1. The number of hydrogen-bond acceptors (Lipinski definition) is 4. The Balaban J connectivity index is 1.66. The number of ketones is 2. The first-order chi connectivity index (χ1) is 15.0. The van der Waals surface area contributed by atoms with Gasteiger partial charge in [0, 0.05) is 5.56 Å². The fraction of sp³-hybridized carbons (Fsp3) is 0.375. The second-order valence-corrected chi connectivity index (χ2v) is 8.18. The first kappa shape index (κ1) is 21.3. The van der Waals surface area contributed by atoms with E-state index in [1.165, 1.54) is 28.0 Å². The summed E-state index contributed by atoms with van der Waals surface area (Å²) in [7, 11) is 0. The van der Waals surface area contributed by atoms with E-state index in [1.54, 1.807) is 30.3 Å². The highest BCUT2D eigenvalue weighted by Gasteiger charge is 2.51. The molecule has 2 aromatic carbocycles. The minimum absolute atomic E-state index is 0.318. The van der Waals surface area contributed by atoms with Gasteiger partial charge in [0.05, 0.1) is 32.3 Å². The number of morpholine rings is 1. The summed E-state index contributed by atoms with van der Waals surface area (Å²) in [5.41, 5.74) is 1.82. The van der Waals surface area contributed by atoms with Gasteiger partial charge in [-0.05, 0) is 24.6 Å². The van der Waals surface area contributed by atoms with Gasteiger partial charge in [-0.1, -0.05) is 42.0 Å². The summed E-state index contributed by atoms with van der Waals surface area (Å²) in [6.07, 6.45) is 0. The highest BCUT2D eigenvalue weighted by molar-refractivity contribution is 6.44. The average Bonchev–Trinajstić information content (AvgIpc) is 3.03. The van der Waals surface area contributed by atoms with E-state index < -0.39 is 35.3 Å². The van der Waals surface area contributed by atoms with Crippen molar-refractivity contribution < 1.29 is 28.4 Å². The Labute approximate surface area is 180 Å². The monoisotopic (exact) mass is 425 g/mol. The van der Waals surface area contributed by atoms with Gasteiger partial charge in [-0.3, -0.25) is 14.4 Å². The van der Waals surface area contributed by atoms with Crippen molar-refractivity contribution in [2.45, 2.75) is 13.0 Å². The molecule has 2 aliphatic heterocycles. The third-order valence-electron chi connectivity index (χ3n) is 6.12. The third kappa shape index (κ3) is 4.43. The molecule has 2 heterocycles. The number of aryl methyl sites for hydroxylation is 1. The van der Waals surface area contributed by atoms with Gasteiger partial charge in [0.1, 0.15) is 24.8 Å². The van der Waals surface area contributed by atoms with Crippen LogP contribution < -0.4 is 4.90 Å². The zero-order valence-electron chi connectivity index (χ0n) is 17.5. The Bertz CT molecular complexity index is 985. The molecule has 7 heteroatoms. The summed E-state index contributed by atoms with van der Waals surface area (Å²) in [6.45, 7) is 5.83. The van der Waals surface area contributed by atoms with Crippen molar-refractivity contribution in [2.24, 2.45) is 5.92 Å². The number of amides is 1. The summed E-state index contributed by atoms with van der Waals surface area (Å²) < 4.78 is 19.4. The molecule has 0 spiro atoms. The second-order valence-electron chi connectivity index (χ2n) is 8.18. The topological polar surface area (TPSA) is 68.1 Å². The van der Waals surface area contributed by atoms with Crippen molar-refractivity contribution >= 4 is 17.5 Å². The van der Waals surface area contributed by atoms with E-state index in [2.05, 4.69) is 0 Å². The van der Waals surface area contributed by atoms with Crippen LogP contribution in [0.5, 0.6) is 0 Å². The van der Waals surface area contributed by atoms with Crippen LogP contribution in [0.3, 0.4) is 0 Å². The van der Waals surface area contributed by atoms with Crippen LogP contribution in [-0.4, -0.2) is 61.8 Å². The number of Topliss-reactive ketones (excluding diaryl/α,β-unsaturated/α-hetero) is 2. The SMILES string of the molecule is Cc1ccc(C(=O)C2C(=O)C(=O)N(CC[NH+]3CCOCC3)C2c2cccc(F)c2)cc1. The lowest BCUT2D eigenvalue weighted by Crippen LogP contribution is -3.14. The molecule has 2 aromatic rings. The summed E-state index contributed by atoms with van der Waals surface area (Å²) >= 11 is 0. The molecule has 2 atom stereocenters. The van der Waals surface area contributed by atoms with Crippen LogP contribution in [0.25, 0.3) is 0 Å². The number of likely N-dealkylation sites (tertiary alicyclic amines) is 1. The number of carbonyl (C=O) groups is 3. The Morgan fingerprint density at radius 2 is 1.84 bits per heavy atom. The molecule has 162 valence electrons. The maximum Gasteiger partial charge on any atom is 0.291 e. The number of ether oxygens (including phenoxy) is 1. The van der Waals surface area contributed by atoms with Gasteiger partial charge >= 0.3 is 0 Å². The fourth-order valence-electron chi connectivity index (χ4n) is 4.38. The van der Waals surface area contributed by atoms with Gasteiger partial charge in [-0.15, -0.1) is 0 Å². The normalized spacial score (nSPS) is 22.2. The van der Waals surface area contributed by atoms with Crippen molar-refractivity contribution in [1.82, 2.24) is 4.90 Å². The number of nitrogens with one attached hydrogen (secondary N) is 1. The van der Waals surface area contributed by atoms with Gasteiger partial charge in [-0.25, -0.2) is 4.39 Å². The number of quaternary nitrogens is 1. The second kappa shape index (κ2) is 9.08. The maximum atomic E-state index is 14.0. The van der Waals surface area contributed by atoms with Crippen LogP contribution in [0.4, 0.5) is 4.39 Å². The van der Waals surface area contributed by atoms with Gasteiger partial charge in [-0.2, -0.15) is 0 Å². The molecule has 6 nitrogen and oxygen atoms in total. The van der Waals surface area contributed by atoms with Crippen molar-refractivity contribution in [3.8, 4) is 0 Å².